The molecule has 15 heavy (non-hydrogen) atoms. The number of hydrogen-bond donors (Lipinski definition) is 1. The van der Waals surface area contributed by atoms with Crippen molar-refractivity contribution in [2.75, 3.05) is 25.7 Å². The topological polar surface area (TPSA) is 38.7 Å². The minimum Gasteiger partial charge on any atom is -0.493 e. The van der Waals surface area contributed by atoms with Gasteiger partial charge in [0.25, 0.3) is 0 Å². The van der Waals surface area contributed by atoms with Crippen LogP contribution in [0.4, 0.5) is 0 Å². The zero-order chi connectivity index (χ0) is 11.1. The van der Waals surface area contributed by atoms with E-state index in [9.17, 15) is 0 Å². The summed E-state index contributed by atoms with van der Waals surface area (Å²) in [6.45, 7) is 0.584. The monoisotopic (exact) mass is 228 g/mol. The van der Waals surface area contributed by atoms with Crippen LogP contribution in [0.2, 0.25) is 0 Å². The molecule has 0 aliphatic rings. The third kappa shape index (κ3) is 3.32. The number of para-hydroxylation sites is 1. The van der Waals surface area contributed by atoms with Gasteiger partial charge in [-0.15, -0.1) is 0 Å². The molecule has 0 aromatic heterocycles. The molecular weight excluding hydrogens is 212 g/mol. The Morgan fingerprint density at radius 1 is 1.40 bits per heavy atom. The van der Waals surface area contributed by atoms with Crippen LogP contribution in [0.1, 0.15) is 5.56 Å². The molecule has 4 heteroatoms. The Morgan fingerprint density at radius 2 is 2.20 bits per heavy atom. The normalized spacial score (nSPS) is 10.1. The van der Waals surface area contributed by atoms with Crippen LogP contribution >= 0.6 is 11.8 Å². The largest absolute Gasteiger partial charge is 0.493 e. The van der Waals surface area contributed by atoms with Crippen molar-refractivity contribution in [2.24, 2.45) is 0 Å². The van der Waals surface area contributed by atoms with Crippen LogP contribution in [-0.2, 0) is 6.61 Å². The van der Waals surface area contributed by atoms with Gasteiger partial charge in [-0.3, -0.25) is 0 Å². The molecule has 0 amide bonds. The SMILES string of the molecule is COc1cccc(CO)c1OCCSC. The molecule has 0 atom stereocenters. The number of aliphatic hydroxyl groups is 1. The van der Waals surface area contributed by atoms with Gasteiger partial charge < -0.3 is 14.6 Å². The molecule has 0 bridgehead atoms. The lowest BCUT2D eigenvalue weighted by molar-refractivity contribution is 0.261. The van der Waals surface area contributed by atoms with Gasteiger partial charge in [0, 0.05) is 11.3 Å². The summed E-state index contributed by atoms with van der Waals surface area (Å²) in [6.07, 6.45) is 2.03. The fourth-order valence-corrected chi connectivity index (χ4v) is 1.49. The predicted octanol–water partition coefficient (Wildman–Crippen LogP) is 1.93. The van der Waals surface area contributed by atoms with Crippen molar-refractivity contribution >= 4 is 11.8 Å². The highest BCUT2D eigenvalue weighted by atomic mass is 32.2. The smallest absolute Gasteiger partial charge is 0.166 e. The summed E-state index contributed by atoms with van der Waals surface area (Å²) < 4.78 is 10.8. The van der Waals surface area contributed by atoms with E-state index in [1.165, 1.54) is 0 Å². The summed E-state index contributed by atoms with van der Waals surface area (Å²) >= 11 is 1.72. The van der Waals surface area contributed by atoms with Crippen molar-refractivity contribution in [3.8, 4) is 11.5 Å². The third-order valence-electron chi connectivity index (χ3n) is 1.98. The molecule has 1 aromatic rings. The van der Waals surface area contributed by atoms with E-state index in [-0.39, 0.29) is 6.61 Å². The van der Waals surface area contributed by atoms with Crippen molar-refractivity contribution in [1.29, 1.82) is 0 Å². The number of aliphatic hydroxyl groups excluding tert-OH is 1. The van der Waals surface area contributed by atoms with Crippen molar-refractivity contribution < 1.29 is 14.6 Å². The standard InChI is InChI=1S/C11H16O3S/c1-13-10-5-3-4-9(8-12)11(10)14-6-7-15-2/h3-5,12H,6-8H2,1-2H3. The molecular formula is C11H16O3S. The van der Waals surface area contributed by atoms with Gasteiger partial charge in [-0.25, -0.2) is 0 Å². The molecule has 0 radical (unpaired) electrons. The number of benzene rings is 1. The second-order valence-corrected chi connectivity index (χ2v) is 3.93. The van der Waals surface area contributed by atoms with Crippen LogP contribution in [-0.4, -0.2) is 30.8 Å². The number of ether oxygens (including phenoxy) is 2. The Balaban J connectivity index is 2.80. The minimum atomic E-state index is -0.0359. The van der Waals surface area contributed by atoms with Gasteiger partial charge in [0.1, 0.15) is 0 Å². The first-order valence-electron chi connectivity index (χ1n) is 4.72. The molecule has 84 valence electrons. The molecule has 1 N–H and O–H groups in total. The molecule has 0 saturated carbocycles. The first kappa shape index (κ1) is 12.2. The lowest BCUT2D eigenvalue weighted by Crippen LogP contribution is -2.04. The summed E-state index contributed by atoms with van der Waals surface area (Å²) in [5.74, 6) is 2.24. The zero-order valence-corrected chi connectivity index (χ0v) is 9.84. The number of rotatable bonds is 6. The minimum absolute atomic E-state index is 0.0359. The van der Waals surface area contributed by atoms with E-state index in [0.717, 1.165) is 11.3 Å². The average Bonchev–Trinajstić information content (AvgIpc) is 2.29. The lowest BCUT2D eigenvalue weighted by Gasteiger charge is -2.13. The molecule has 0 unspecified atom stereocenters. The average molecular weight is 228 g/mol. The maximum Gasteiger partial charge on any atom is 0.166 e. The summed E-state index contributed by atoms with van der Waals surface area (Å²) in [4.78, 5) is 0. The van der Waals surface area contributed by atoms with Gasteiger partial charge in [-0.1, -0.05) is 12.1 Å². The molecule has 3 nitrogen and oxygen atoms in total. The summed E-state index contributed by atoms with van der Waals surface area (Å²) in [5, 5.41) is 9.15. The van der Waals surface area contributed by atoms with E-state index in [1.807, 2.05) is 24.5 Å². The van der Waals surface area contributed by atoms with E-state index in [2.05, 4.69) is 0 Å². The molecule has 0 heterocycles. The highest BCUT2D eigenvalue weighted by Crippen LogP contribution is 2.31. The lowest BCUT2D eigenvalue weighted by atomic mass is 10.2. The maximum atomic E-state index is 9.15. The Bertz CT molecular complexity index is 280. The van der Waals surface area contributed by atoms with E-state index in [1.54, 1.807) is 18.9 Å². The van der Waals surface area contributed by atoms with Crippen molar-refractivity contribution in [2.45, 2.75) is 6.61 Å². The highest BCUT2D eigenvalue weighted by molar-refractivity contribution is 7.98. The first-order valence-corrected chi connectivity index (χ1v) is 6.11. The number of hydrogen-bond acceptors (Lipinski definition) is 4. The van der Waals surface area contributed by atoms with Crippen LogP contribution in [0.15, 0.2) is 18.2 Å². The van der Waals surface area contributed by atoms with Gasteiger partial charge in [-0.05, 0) is 12.3 Å². The Morgan fingerprint density at radius 3 is 2.80 bits per heavy atom. The quantitative estimate of drug-likeness (QED) is 0.755. The van der Waals surface area contributed by atoms with Gasteiger partial charge in [0.2, 0.25) is 0 Å². The summed E-state index contributed by atoms with van der Waals surface area (Å²) in [6, 6.07) is 5.50. The third-order valence-corrected chi connectivity index (χ3v) is 2.56. The van der Waals surface area contributed by atoms with Gasteiger partial charge in [0.05, 0.1) is 20.3 Å². The Kier molecular flexibility index (Phi) is 5.36. The second kappa shape index (κ2) is 6.58. The molecule has 0 spiro atoms. The second-order valence-electron chi connectivity index (χ2n) is 2.95. The van der Waals surface area contributed by atoms with Crippen LogP contribution in [0.25, 0.3) is 0 Å². The zero-order valence-electron chi connectivity index (χ0n) is 9.03. The van der Waals surface area contributed by atoms with Crippen LogP contribution < -0.4 is 9.47 Å². The molecule has 0 saturated heterocycles. The summed E-state index contributed by atoms with van der Waals surface area (Å²) in [5.41, 5.74) is 0.760. The van der Waals surface area contributed by atoms with Gasteiger partial charge in [-0.2, -0.15) is 11.8 Å². The maximum absolute atomic E-state index is 9.15. The van der Waals surface area contributed by atoms with E-state index in [0.29, 0.717) is 18.1 Å². The van der Waals surface area contributed by atoms with E-state index < -0.39 is 0 Å². The van der Waals surface area contributed by atoms with Crippen LogP contribution in [0.5, 0.6) is 11.5 Å². The molecule has 1 aromatic carbocycles. The molecule has 0 aliphatic carbocycles. The van der Waals surface area contributed by atoms with E-state index >= 15 is 0 Å². The highest BCUT2D eigenvalue weighted by Gasteiger charge is 2.09. The molecule has 0 fully saturated rings. The van der Waals surface area contributed by atoms with Crippen molar-refractivity contribution in [3.63, 3.8) is 0 Å². The van der Waals surface area contributed by atoms with Gasteiger partial charge >= 0.3 is 0 Å². The number of thioether (sulfide) groups is 1. The van der Waals surface area contributed by atoms with Crippen molar-refractivity contribution in [1.82, 2.24) is 0 Å². The summed E-state index contributed by atoms with van der Waals surface area (Å²) in [7, 11) is 1.60. The van der Waals surface area contributed by atoms with Crippen LogP contribution in [0, 0.1) is 0 Å². The number of methoxy groups -OCH3 is 1. The van der Waals surface area contributed by atoms with Crippen LogP contribution in [0.3, 0.4) is 0 Å². The predicted molar refractivity (Wildman–Crippen MR) is 62.8 cm³/mol. The molecule has 0 aliphatic heterocycles. The molecule has 1 rings (SSSR count). The Hall–Kier alpha value is -0.870. The van der Waals surface area contributed by atoms with Gasteiger partial charge in [0.15, 0.2) is 11.5 Å². The fourth-order valence-electron chi connectivity index (χ4n) is 1.24. The fraction of sp³-hybridized carbons (Fsp3) is 0.455. The van der Waals surface area contributed by atoms with Crippen molar-refractivity contribution in [3.05, 3.63) is 23.8 Å². The first-order chi connectivity index (χ1) is 7.33. The Labute approximate surface area is 94.4 Å². The van der Waals surface area contributed by atoms with E-state index in [4.69, 9.17) is 14.6 Å².